The van der Waals surface area contributed by atoms with Crippen molar-refractivity contribution < 1.29 is 4.84 Å². The summed E-state index contributed by atoms with van der Waals surface area (Å²) >= 11 is 1.67. The molecule has 1 N–H and O–H groups in total. The Bertz CT molecular complexity index is 241. The molecule has 1 aromatic heterocycles. The molecule has 0 unspecified atom stereocenters. The van der Waals surface area contributed by atoms with Crippen LogP contribution < -0.4 is 10.3 Å². The minimum atomic E-state index is 0.919. The minimum Gasteiger partial charge on any atom is -0.381 e. The Kier molecular flexibility index (Phi) is 0.960. The van der Waals surface area contributed by atoms with Gasteiger partial charge in [-0.25, -0.2) is 5.48 Å². The lowest BCUT2D eigenvalue weighted by Crippen LogP contribution is -2.12. The molecule has 1 aliphatic heterocycles. The largest absolute Gasteiger partial charge is 0.381 e. The van der Waals surface area contributed by atoms with Crippen LogP contribution in [-0.2, 0) is 0 Å². The van der Waals surface area contributed by atoms with E-state index in [9.17, 15) is 0 Å². The van der Waals surface area contributed by atoms with E-state index >= 15 is 0 Å². The molecule has 1 aromatic rings. The SMILES string of the molecule is C1=Cc2sccc2ON1. The zero-order chi connectivity index (χ0) is 6.10. The van der Waals surface area contributed by atoms with E-state index in [1.807, 2.05) is 17.5 Å². The van der Waals surface area contributed by atoms with Gasteiger partial charge in [-0.05, 0) is 17.5 Å². The Balaban J connectivity index is 2.53. The highest BCUT2D eigenvalue weighted by Crippen LogP contribution is 2.26. The highest BCUT2D eigenvalue weighted by molar-refractivity contribution is 7.11. The second-order valence-electron chi connectivity index (χ2n) is 1.70. The van der Waals surface area contributed by atoms with Gasteiger partial charge in [-0.3, -0.25) is 0 Å². The number of hydrogen-bond donors (Lipinski definition) is 1. The number of nitrogens with one attached hydrogen (secondary N) is 1. The number of rotatable bonds is 0. The van der Waals surface area contributed by atoms with Crippen molar-refractivity contribution in [3.05, 3.63) is 22.5 Å². The second kappa shape index (κ2) is 1.77. The van der Waals surface area contributed by atoms with Gasteiger partial charge in [0.25, 0.3) is 0 Å². The standard InChI is InChI=1S/C6H5NOS/c1-3-7-8-5-2-4-9-6(1)5/h1-4,7H. The molecule has 0 atom stereocenters. The van der Waals surface area contributed by atoms with Crippen LogP contribution in [0.3, 0.4) is 0 Å². The first kappa shape index (κ1) is 4.88. The summed E-state index contributed by atoms with van der Waals surface area (Å²) in [6, 6.07) is 1.94. The van der Waals surface area contributed by atoms with E-state index in [0.717, 1.165) is 5.75 Å². The third kappa shape index (κ3) is 0.695. The first-order valence-corrected chi connectivity index (χ1v) is 3.51. The van der Waals surface area contributed by atoms with Crippen LogP contribution in [0.25, 0.3) is 6.08 Å². The van der Waals surface area contributed by atoms with Gasteiger partial charge in [-0.1, -0.05) is 0 Å². The summed E-state index contributed by atoms with van der Waals surface area (Å²) in [6.45, 7) is 0. The Morgan fingerprint density at radius 3 is 3.44 bits per heavy atom. The molecule has 0 bridgehead atoms. The van der Waals surface area contributed by atoms with Crippen LogP contribution >= 0.6 is 11.3 Å². The fourth-order valence-corrected chi connectivity index (χ4v) is 1.43. The molecule has 0 fully saturated rings. The van der Waals surface area contributed by atoms with E-state index in [4.69, 9.17) is 4.84 Å². The number of fused-ring (bicyclic) bond motifs is 1. The van der Waals surface area contributed by atoms with E-state index in [-0.39, 0.29) is 0 Å². The van der Waals surface area contributed by atoms with E-state index in [2.05, 4.69) is 5.48 Å². The molecule has 2 nitrogen and oxygen atoms in total. The second-order valence-corrected chi connectivity index (χ2v) is 2.65. The lowest BCUT2D eigenvalue weighted by molar-refractivity contribution is 0.240. The van der Waals surface area contributed by atoms with Crippen LogP contribution in [0, 0.1) is 0 Å². The van der Waals surface area contributed by atoms with Gasteiger partial charge in [0, 0.05) is 6.20 Å². The van der Waals surface area contributed by atoms with Crippen molar-refractivity contribution in [3.63, 3.8) is 0 Å². The van der Waals surface area contributed by atoms with E-state index in [1.54, 1.807) is 17.5 Å². The van der Waals surface area contributed by atoms with Crippen LogP contribution in [0.2, 0.25) is 0 Å². The number of thiophene rings is 1. The van der Waals surface area contributed by atoms with Crippen molar-refractivity contribution in [3.8, 4) is 5.75 Å². The Morgan fingerprint density at radius 2 is 2.56 bits per heavy atom. The van der Waals surface area contributed by atoms with Gasteiger partial charge in [-0.2, -0.15) is 0 Å². The molecular formula is C6H5NOS. The molecule has 2 heterocycles. The Labute approximate surface area is 56.7 Å². The Morgan fingerprint density at radius 1 is 1.56 bits per heavy atom. The van der Waals surface area contributed by atoms with Crippen LogP contribution in [0.15, 0.2) is 17.6 Å². The smallest absolute Gasteiger partial charge is 0.172 e. The molecule has 9 heavy (non-hydrogen) atoms. The maximum absolute atomic E-state index is 5.04. The molecule has 0 saturated heterocycles. The molecule has 2 rings (SSSR count). The quantitative estimate of drug-likeness (QED) is 0.589. The van der Waals surface area contributed by atoms with Crippen molar-refractivity contribution >= 4 is 17.4 Å². The monoisotopic (exact) mass is 139 g/mol. The van der Waals surface area contributed by atoms with Gasteiger partial charge in [0.05, 0.1) is 4.88 Å². The summed E-state index contributed by atoms with van der Waals surface area (Å²) < 4.78 is 0. The molecule has 0 spiro atoms. The molecule has 0 radical (unpaired) electrons. The maximum atomic E-state index is 5.04. The van der Waals surface area contributed by atoms with Crippen LogP contribution in [-0.4, -0.2) is 0 Å². The maximum Gasteiger partial charge on any atom is 0.172 e. The van der Waals surface area contributed by atoms with E-state index in [1.165, 1.54) is 4.88 Å². The molecule has 0 aliphatic carbocycles. The van der Waals surface area contributed by atoms with E-state index < -0.39 is 0 Å². The number of hydrogen-bond acceptors (Lipinski definition) is 3. The van der Waals surface area contributed by atoms with Crippen LogP contribution in [0.4, 0.5) is 0 Å². The minimum absolute atomic E-state index is 0.919. The zero-order valence-corrected chi connectivity index (χ0v) is 5.44. The number of hydroxylamine groups is 1. The van der Waals surface area contributed by atoms with Crippen LogP contribution in [0.5, 0.6) is 5.75 Å². The van der Waals surface area contributed by atoms with Crippen LogP contribution in [0.1, 0.15) is 4.88 Å². The fourth-order valence-electron chi connectivity index (χ4n) is 0.722. The van der Waals surface area contributed by atoms with Gasteiger partial charge < -0.3 is 4.84 Å². The van der Waals surface area contributed by atoms with Gasteiger partial charge >= 0.3 is 0 Å². The molecule has 0 aromatic carbocycles. The molecule has 0 saturated carbocycles. The van der Waals surface area contributed by atoms with Gasteiger partial charge in [-0.15, -0.1) is 11.3 Å². The highest BCUT2D eigenvalue weighted by Gasteiger charge is 2.04. The predicted octanol–water partition coefficient (Wildman–Crippen LogP) is 1.62. The molecule has 1 aliphatic rings. The molecule has 0 amide bonds. The highest BCUT2D eigenvalue weighted by atomic mass is 32.1. The molecular weight excluding hydrogens is 134 g/mol. The van der Waals surface area contributed by atoms with Crippen molar-refractivity contribution in [2.45, 2.75) is 0 Å². The van der Waals surface area contributed by atoms with Crippen molar-refractivity contribution in [1.82, 2.24) is 5.48 Å². The normalized spacial score (nSPS) is 13.8. The van der Waals surface area contributed by atoms with Gasteiger partial charge in [0.1, 0.15) is 0 Å². The van der Waals surface area contributed by atoms with Crippen molar-refractivity contribution in [1.29, 1.82) is 0 Å². The summed E-state index contributed by atoms with van der Waals surface area (Å²) in [5.74, 6) is 0.919. The summed E-state index contributed by atoms with van der Waals surface area (Å²) in [7, 11) is 0. The summed E-state index contributed by atoms with van der Waals surface area (Å²) in [5.41, 5.74) is 2.65. The third-order valence-corrected chi connectivity index (χ3v) is 1.99. The predicted molar refractivity (Wildman–Crippen MR) is 37.1 cm³/mol. The summed E-state index contributed by atoms with van der Waals surface area (Å²) in [6.07, 6.45) is 3.77. The molecule has 3 heteroatoms. The first-order chi connectivity index (χ1) is 4.47. The average molecular weight is 139 g/mol. The summed E-state index contributed by atoms with van der Waals surface area (Å²) in [5, 5.41) is 2.00. The lowest BCUT2D eigenvalue weighted by atomic mass is 10.4. The van der Waals surface area contributed by atoms with Gasteiger partial charge in [0.2, 0.25) is 0 Å². The zero-order valence-electron chi connectivity index (χ0n) is 4.63. The fraction of sp³-hybridized carbons (Fsp3) is 0. The lowest BCUT2D eigenvalue weighted by Gasteiger charge is -2.06. The van der Waals surface area contributed by atoms with Gasteiger partial charge in [0.15, 0.2) is 5.75 Å². The van der Waals surface area contributed by atoms with Crippen molar-refractivity contribution in [2.24, 2.45) is 0 Å². The third-order valence-electron chi connectivity index (χ3n) is 1.13. The first-order valence-electron chi connectivity index (χ1n) is 2.63. The molecule has 46 valence electrons. The summed E-state index contributed by atoms with van der Waals surface area (Å²) in [4.78, 5) is 6.21. The van der Waals surface area contributed by atoms with Crippen molar-refractivity contribution in [2.75, 3.05) is 0 Å². The Hall–Kier alpha value is -0.960. The average Bonchev–Trinajstić information content (AvgIpc) is 2.33. The topological polar surface area (TPSA) is 21.3 Å². The van der Waals surface area contributed by atoms with E-state index in [0.29, 0.717) is 0 Å².